The molecule has 1 amide bonds. The quantitative estimate of drug-likeness (QED) is 0.364. The molecular formula is C28H33Cl2N5O3. The lowest BCUT2D eigenvalue weighted by Gasteiger charge is -2.26. The number of benzene rings is 2. The molecule has 4 rings (SSSR count). The van der Waals surface area contributed by atoms with Gasteiger partial charge in [-0.1, -0.05) is 35.3 Å². The second-order valence-corrected chi connectivity index (χ2v) is 10.5. The van der Waals surface area contributed by atoms with E-state index in [1.165, 1.54) is 5.56 Å². The maximum absolute atomic E-state index is 12.7. The van der Waals surface area contributed by atoms with Gasteiger partial charge in [0.25, 0.3) is 0 Å². The molecule has 1 aliphatic heterocycles. The third kappa shape index (κ3) is 6.87. The Morgan fingerprint density at radius 2 is 1.79 bits per heavy atom. The number of carbonyl (C=O) groups is 1. The molecule has 3 atom stereocenters. The Hall–Kier alpha value is -3.07. The van der Waals surface area contributed by atoms with Crippen LogP contribution >= 0.6 is 23.2 Å². The number of aromatic nitrogens is 2. The summed E-state index contributed by atoms with van der Waals surface area (Å²) in [7, 11) is 5.30. The first kappa shape index (κ1) is 28.0. The van der Waals surface area contributed by atoms with Crippen LogP contribution < -0.4 is 20.1 Å². The van der Waals surface area contributed by atoms with Gasteiger partial charge in [-0.05, 0) is 68.1 Å². The summed E-state index contributed by atoms with van der Waals surface area (Å²) in [5.74, 6) is 2.05. The van der Waals surface area contributed by atoms with Crippen LogP contribution in [0.1, 0.15) is 18.9 Å². The van der Waals surface area contributed by atoms with Crippen LogP contribution in [0.5, 0.6) is 11.5 Å². The predicted octanol–water partition coefficient (Wildman–Crippen LogP) is 4.95. The summed E-state index contributed by atoms with van der Waals surface area (Å²) in [4.78, 5) is 23.7. The molecule has 2 N–H and O–H groups in total. The summed E-state index contributed by atoms with van der Waals surface area (Å²) in [6.45, 7) is 3.10. The lowest BCUT2D eigenvalue weighted by molar-refractivity contribution is -0.120. The second kappa shape index (κ2) is 12.7. The topological polar surface area (TPSA) is 88.6 Å². The summed E-state index contributed by atoms with van der Waals surface area (Å²) in [6, 6.07) is 11.7. The van der Waals surface area contributed by atoms with Gasteiger partial charge >= 0.3 is 0 Å². The average Bonchev–Trinajstić information content (AvgIpc) is 3.29. The van der Waals surface area contributed by atoms with Crippen LogP contribution in [-0.2, 0) is 11.2 Å². The summed E-state index contributed by atoms with van der Waals surface area (Å²) < 4.78 is 10.7. The van der Waals surface area contributed by atoms with Gasteiger partial charge in [-0.2, -0.15) is 0 Å². The van der Waals surface area contributed by atoms with E-state index in [1.807, 2.05) is 36.4 Å². The van der Waals surface area contributed by atoms with Crippen LogP contribution in [0, 0.1) is 5.92 Å². The number of amides is 1. The van der Waals surface area contributed by atoms with E-state index in [0.717, 1.165) is 30.5 Å². The van der Waals surface area contributed by atoms with Crippen LogP contribution in [0.25, 0.3) is 11.1 Å². The number of carbonyl (C=O) groups excluding carboxylic acids is 1. The standard InChI is InChI=1S/C28H33Cl2N5O3/c1-17(24-11-19(16-35(24)2)9-18-5-7-22(29)23(30)10-18)34-27(36)15-33-28-31-13-21(14-32-28)20-6-8-25(37-3)26(12-20)38-4/h5-8,10,12-14,17,19,24H,9,11,15-16H2,1-4H3,(H,34,36)(H,31,32,33). The van der Waals surface area contributed by atoms with Gasteiger partial charge in [0.15, 0.2) is 11.5 Å². The van der Waals surface area contributed by atoms with E-state index in [9.17, 15) is 4.79 Å². The first-order valence-corrected chi connectivity index (χ1v) is 13.2. The Labute approximate surface area is 233 Å². The number of anilines is 1. The fraction of sp³-hybridized carbons (Fsp3) is 0.393. The number of rotatable bonds is 10. The van der Waals surface area contributed by atoms with Crippen molar-refractivity contribution in [3.63, 3.8) is 0 Å². The molecule has 1 saturated heterocycles. The first-order chi connectivity index (χ1) is 18.3. The van der Waals surface area contributed by atoms with E-state index in [0.29, 0.717) is 33.4 Å². The van der Waals surface area contributed by atoms with Gasteiger partial charge in [-0.25, -0.2) is 9.97 Å². The molecule has 2 aromatic carbocycles. The highest BCUT2D eigenvalue weighted by Crippen LogP contribution is 2.32. The Kier molecular flexibility index (Phi) is 9.31. The number of nitrogens with one attached hydrogen (secondary N) is 2. The molecule has 0 bridgehead atoms. The van der Waals surface area contributed by atoms with Gasteiger partial charge in [0.1, 0.15) is 0 Å². The van der Waals surface area contributed by atoms with Crippen molar-refractivity contribution < 1.29 is 14.3 Å². The van der Waals surface area contributed by atoms with E-state index in [-0.39, 0.29) is 24.5 Å². The highest BCUT2D eigenvalue weighted by Gasteiger charge is 2.33. The summed E-state index contributed by atoms with van der Waals surface area (Å²) in [5, 5.41) is 7.28. The second-order valence-electron chi connectivity index (χ2n) is 9.64. The largest absolute Gasteiger partial charge is 0.493 e. The minimum atomic E-state index is -0.105. The van der Waals surface area contributed by atoms with E-state index < -0.39 is 0 Å². The normalized spacial score (nSPS) is 18.2. The smallest absolute Gasteiger partial charge is 0.239 e. The summed E-state index contributed by atoms with van der Waals surface area (Å²) >= 11 is 12.2. The van der Waals surface area contributed by atoms with Crippen molar-refractivity contribution in [2.45, 2.75) is 31.8 Å². The number of likely N-dealkylation sites (tertiary alicyclic amines) is 1. The molecule has 1 aliphatic rings. The van der Waals surface area contributed by atoms with Crippen molar-refractivity contribution in [2.75, 3.05) is 39.7 Å². The van der Waals surface area contributed by atoms with Crippen LogP contribution in [0.15, 0.2) is 48.8 Å². The fourth-order valence-corrected chi connectivity index (χ4v) is 5.34. The van der Waals surface area contributed by atoms with Gasteiger partial charge < -0.3 is 25.0 Å². The maximum atomic E-state index is 12.7. The number of hydrogen-bond acceptors (Lipinski definition) is 7. The number of ether oxygens (including phenoxy) is 2. The number of likely N-dealkylation sites (N-methyl/N-ethyl adjacent to an activating group) is 1. The molecule has 1 fully saturated rings. The van der Waals surface area contributed by atoms with Gasteiger partial charge in [0, 0.05) is 36.6 Å². The summed E-state index contributed by atoms with van der Waals surface area (Å²) in [5.41, 5.74) is 2.91. The number of methoxy groups -OCH3 is 2. The Balaban J connectivity index is 1.26. The molecular weight excluding hydrogens is 525 g/mol. The van der Waals surface area contributed by atoms with E-state index >= 15 is 0 Å². The minimum Gasteiger partial charge on any atom is -0.493 e. The molecule has 202 valence electrons. The van der Waals surface area contributed by atoms with Gasteiger partial charge in [-0.3, -0.25) is 4.79 Å². The first-order valence-electron chi connectivity index (χ1n) is 12.5. The molecule has 1 aromatic heterocycles. The van der Waals surface area contributed by atoms with Crippen LogP contribution in [0.3, 0.4) is 0 Å². The zero-order valence-electron chi connectivity index (χ0n) is 22.0. The predicted molar refractivity (Wildman–Crippen MR) is 151 cm³/mol. The molecule has 38 heavy (non-hydrogen) atoms. The SMILES string of the molecule is COc1ccc(-c2cnc(NCC(=O)NC(C)C3CC(Cc4ccc(Cl)c(Cl)c4)CN3C)nc2)cc1OC. The molecule has 3 unspecified atom stereocenters. The minimum absolute atomic E-state index is 0.00134. The van der Waals surface area contributed by atoms with Crippen molar-refractivity contribution in [1.82, 2.24) is 20.2 Å². The molecule has 0 spiro atoms. The van der Waals surface area contributed by atoms with Crippen molar-refractivity contribution >= 4 is 35.1 Å². The molecule has 0 saturated carbocycles. The van der Waals surface area contributed by atoms with Gasteiger partial charge in [-0.15, -0.1) is 0 Å². The van der Waals surface area contributed by atoms with Crippen molar-refractivity contribution in [2.24, 2.45) is 5.92 Å². The van der Waals surface area contributed by atoms with E-state index in [2.05, 4.69) is 39.5 Å². The zero-order valence-corrected chi connectivity index (χ0v) is 23.5. The highest BCUT2D eigenvalue weighted by atomic mass is 35.5. The van der Waals surface area contributed by atoms with Crippen molar-refractivity contribution in [3.05, 3.63) is 64.4 Å². The summed E-state index contributed by atoms with van der Waals surface area (Å²) in [6.07, 6.45) is 5.33. The third-order valence-electron chi connectivity index (χ3n) is 6.94. The Morgan fingerprint density at radius 3 is 2.47 bits per heavy atom. The van der Waals surface area contributed by atoms with E-state index in [4.69, 9.17) is 32.7 Å². The van der Waals surface area contributed by atoms with E-state index in [1.54, 1.807) is 26.6 Å². The number of nitrogens with zero attached hydrogens (tertiary/aromatic N) is 3. The fourth-order valence-electron chi connectivity index (χ4n) is 5.02. The Morgan fingerprint density at radius 1 is 1.05 bits per heavy atom. The average molecular weight is 559 g/mol. The van der Waals surface area contributed by atoms with Crippen molar-refractivity contribution in [1.29, 1.82) is 0 Å². The molecule has 0 radical (unpaired) electrons. The monoisotopic (exact) mass is 557 g/mol. The van der Waals surface area contributed by atoms with Crippen molar-refractivity contribution in [3.8, 4) is 22.6 Å². The van der Waals surface area contributed by atoms with Crippen LogP contribution in [0.2, 0.25) is 10.0 Å². The third-order valence-corrected chi connectivity index (χ3v) is 7.68. The number of hydrogen-bond donors (Lipinski definition) is 2. The number of halogens is 2. The molecule has 3 aromatic rings. The molecule has 10 heteroatoms. The highest BCUT2D eigenvalue weighted by molar-refractivity contribution is 6.42. The maximum Gasteiger partial charge on any atom is 0.239 e. The lowest BCUT2D eigenvalue weighted by Crippen LogP contribution is -2.47. The Bertz CT molecular complexity index is 1260. The molecule has 0 aliphatic carbocycles. The molecule has 2 heterocycles. The van der Waals surface area contributed by atoms with Crippen LogP contribution in [-0.4, -0.2) is 67.2 Å². The van der Waals surface area contributed by atoms with Crippen LogP contribution in [0.4, 0.5) is 5.95 Å². The zero-order chi connectivity index (χ0) is 27.2. The van der Waals surface area contributed by atoms with Gasteiger partial charge in [0.05, 0.1) is 30.8 Å². The van der Waals surface area contributed by atoms with Gasteiger partial charge in [0.2, 0.25) is 11.9 Å². The lowest BCUT2D eigenvalue weighted by atomic mass is 9.95. The molecule has 8 nitrogen and oxygen atoms in total.